The molecule has 0 aliphatic carbocycles. The van der Waals surface area contributed by atoms with Crippen molar-refractivity contribution in [1.82, 2.24) is 4.98 Å². The van der Waals surface area contributed by atoms with Gasteiger partial charge in [0.1, 0.15) is 5.76 Å². The molecule has 16 heavy (non-hydrogen) atoms. The van der Waals surface area contributed by atoms with Crippen molar-refractivity contribution in [1.29, 1.82) is 5.26 Å². The topological polar surface area (TPSA) is 45.9 Å². The van der Waals surface area contributed by atoms with Gasteiger partial charge in [-0.2, -0.15) is 5.26 Å². The standard InChI is InChI=1S/C11H13NO.C2H3N/c1-4-9-8-12-7-6-10(9)11(5-2)13-3;1-2-3/h4-8H,1H2,2-3H3;1H3/b11-5+;. The molecule has 0 saturated carbocycles. The zero-order chi connectivity index (χ0) is 12.4. The summed E-state index contributed by atoms with van der Waals surface area (Å²) in [6, 6.07) is 3.66. The molecule has 0 bridgehead atoms. The van der Waals surface area contributed by atoms with Gasteiger partial charge < -0.3 is 4.74 Å². The molecule has 0 spiro atoms. The molecule has 1 aromatic heterocycles. The summed E-state index contributed by atoms with van der Waals surface area (Å²) >= 11 is 0. The van der Waals surface area contributed by atoms with Crippen LogP contribution in [0.2, 0.25) is 0 Å². The van der Waals surface area contributed by atoms with Crippen LogP contribution in [-0.4, -0.2) is 12.1 Å². The normalized spacial score (nSPS) is 9.50. The van der Waals surface area contributed by atoms with Crippen LogP contribution in [0.15, 0.2) is 31.1 Å². The number of nitriles is 1. The molecule has 1 aromatic rings. The highest BCUT2D eigenvalue weighted by atomic mass is 16.5. The fraction of sp³-hybridized carbons (Fsp3) is 0.231. The third kappa shape index (κ3) is 3.97. The Labute approximate surface area is 96.7 Å². The SMILES string of the molecule is C=Cc1cnccc1/C(=C\C)OC.CC#N. The van der Waals surface area contributed by atoms with Crippen LogP contribution < -0.4 is 0 Å². The molecule has 3 nitrogen and oxygen atoms in total. The van der Waals surface area contributed by atoms with Gasteiger partial charge in [-0.15, -0.1) is 0 Å². The number of hydrogen-bond donors (Lipinski definition) is 0. The quantitative estimate of drug-likeness (QED) is 0.728. The first-order valence-electron chi connectivity index (χ1n) is 4.83. The van der Waals surface area contributed by atoms with Crippen molar-refractivity contribution in [3.05, 3.63) is 42.2 Å². The van der Waals surface area contributed by atoms with Crippen LogP contribution in [0.4, 0.5) is 0 Å². The smallest absolute Gasteiger partial charge is 0.122 e. The zero-order valence-electron chi connectivity index (χ0n) is 9.90. The van der Waals surface area contributed by atoms with E-state index in [4.69, 9.17) is 10.00 Å². The molecule has 0 aliphatic rings. The first-order valence-corrected chi connectivity index (χ1v) is 4.83. The maximum atomic E-state index is 7.32. The Balaban J connectivity index is 0.000000673. The van der Waals surface area contributed by atoms with Gasteiger partial charge in [-0.05, 0) is 19.1 Å². The minimum absolute atomic E-state index is 0.845. The lowest BCUT2D eigenvalue weighted by Crippen LogP contribution is -1.91. The van der Waals surface area contributed by atoms with E-state index in [0.29, 0.717) is 0 Å². The average Bonchev–Trinajstić information content (AvgIpc) is 2.32. The van der Waals surface area contributed by atoms with Crippen LogP contribution in [0.3, 0.4) is 0 Å². The van der Waals surface area contributed by atoms with Crippen molar-refractivity contribution in [2.75, 3.05) is 7.11 Å². The molecule has 0 atom stereocenters. The van der Waals surface area contributed by atoms with Crippen molar-refractivity contribution in [2.24, 2.45) is 0 Å². The fourth-order valence-electron chi connectivity index (χ4n) is 1.18. The largest absolute Gasteiger partial charge is 0.496 e. The second-order valence-electron chi connectivity index (χ2n) is 2.75. The predicted molar refractivity (Wildman–Crippen MR) is 66.3 cm³/mol. The first kappa shape index (κ1) is 13.9. The second kappa shape index (κ2) is 8.25. The van der Waals surface area contributed by atoms with Gasteiger partial charge in [-0.1, -0.05) is 12.7 Å². The molecule has 0 aromatic carbocycles. The van der Waals surface area contributed by atoms with E-state index in [-0.39, 0.29) is 0 Å². The lowest BCUT2D eigenvalue weighted by atomic mass is 10.1. The highest BCUT2D eigenvalue weighted by Gasteiger charge is 2.03. The van der Waals surface area contributed by atoms with Crippen LogP contribution in [0.5, 0.6) is 0 Å². The number of hydrogen-bond acceptors (Lipinski definition) is 3. The third-order valence-electron chi connectivity index (χ3n) is 1.82. The van der Waals surface area contributed by atoms with Gasteiger partial charge in [0.2, 0.25) is 0 Å². The summed E-state index contributed by atoms with van der Waals surface area (Å²) in [5, 5.41) is 7.32. The molecule has 84 valence electrons. The van der Waals surface area contributed by atoms with Gasteiger partial charge in [0.15, 0.2) is 0 Å². The van der Waals surface area contributed by atoms with Crippen molar-refractivity contribution in [3.8, 4) is 6.07 Å². The molecular weight excluding hydrogens is 200 g/mol. The number of methoxy groups -OCH3 is 1. The van der Waals surface area contributed by atoms with Crippen molar-refractivity contribution in [3.63, 3.8) is 0 Å². The van der Waals surface area contributed by atoms with Crippen molar-refractivity contribution < 1.29 is 4.74 Å². The Bertz CT molecular complexity index is 403. The Kier molecular flexibility index (Phi) is 7.17. The molecule has 0 aliphatic heterocycles. The predicted octanol–water partition coefficient (Wildman–Crippen LogP) is 3.26. The number of allylic oxidation sites excluding steroid dienone is 1. The van der Waals surface area contributed by atoms with Crippen LogP contribution in [0.1, 0.15) is 25.0 Å². The summed E-state index contributed by atoms with van der Waals surface area (Å²) in [6.45, 7) is 7.09. The molecule has 3 heteroatoms. The zero-order valence-corrected chi connectivity index (χ0v) is 9.90. The summed E-state index contributed by atoms with van der Waals surface area (Å²) in [6.07, 6.45) is 7.20. The van der Waals surface area contributed by atoms with Crippen LogP contribution in [0.25, 0.3) is 11.8 Å². The Morgan fingerprint density at radius 3 is 2.69 bits per heavy atom. The highest BCUT2D eigenvalue weighted by molar-refractivity contribution is 5.69. The molecule has 0 amide bonds. The lowest BCUT2D eigenvalue weighted by molar-refractivity contribution is 0.369. The van der Waals surface area contributed by atoms with Gasteiger partial charge in [0.25, 0.3) is 0 Å². The average molecular weight is 216 g/mol. The maximum Gasteiger partial charge on any atom is 0.122 e. The summed E-state index contributed by atoms with van der Waals surface area (Å²) in [5.41, 5.74) is 2.01. The second-order valence-corrected chi connectivity index (χ2v) is 2.75. The molecule has 1 rings (SSSR count). The van der Waals surface area contributed by atoms with Gasteiger partial charge in [0, 0.05) is 30.4 Å². The third-order valence-corrected chi connectivity index (χ3v) is 1.82. The van der Waals surface area contributed by atoms with E-state index in [1.165, 1.54) is 6.92 Å². The number of ether oxygens (including phenoxy) is 1. The molecule has 0 unspecified atom stereocenters. The van der Waals surface area contributed by atoms with E-state index in [2.05, 4.69) is 11.6 Å². The minimum atomic E-state index is 0.845. The monoisotopic (exact) mass is 216 g/mol. The van der Waals surface area contributed by atoms with E-state index in [1.54, 1.807) is 31.6 Å². The molecule has 0 fully saturated rings. The van der Waals surface area contributed by atoms with Gasteiger partial charge in [-0.3, -0.25) is 4.98 Å². The molecule has 0 N–H and O–H groups in total. The van der Waals surface area contributed by atoms with Crippen LogP contribution in [0, 0.1) is 11.3 Å². The summed E-state index contributed by atoms with van der Waals surface area (Å²) in [4.78, 5) is 4.01. The van der Waals surface area contributed by atoms with E-state index >= 15 is 0 Å². The molecule has 1 heterocycles. The van der Waals surface area contributed by atoms with E-state index < -0.39 is 0 Å². The highest BCUT2D eigenvalue weighted by Crippen LogP contribution is 2.19. The number of rotatable bonds is 3. The van der Waals surface area contributed by atoms with Gasteiger partial charge in [-0.25, -0.2) is 0 Å². The van der Waals surface area contributed by atoms with Crippen LogP contribution >= 0.6 is 0 Å². The summed E-state index contributed by atoms with van der Waals surface area (Å²) in [5.74, 6) is 0.845. The number of nitrogens with zero attached hydrogens (tertiary/aromatic N) is 2. The minimum Gasteiger partial charge on any atom is -0.496 e. The molecular formula is C13H16N2O. The Morgan fingerprint density at radius 1 is 1.62 bits per heavy atom. The first-order chi connectivity index (χ1) is 7.74. The van der Waals surface area contributed by atoms with E-state index in [0.717, 1.165) is 16.9 Å². The molecule has 0 saturated heterocycles. The fourth-order valence-corrected chi connectivity index (χ4v) is 1.18. The van der Waals surface area contributed by atoms with Crippen molar-refractivity contribution >= 4 is 11.8 Å². The van der Waals surface area contributed by atoms with Gasteiger partial charge >= 0.3 is 0 Å². The van der Waals surface area contributed by atoms with Crippen molar-refractivity contribution in [2.45, 2.75) is 13.8 Å². The van der Waals surface area contributed by atoms with E-state index in [9.17, 15) is 0 Å². The lowest BCUT2D eigenvalue weighted by Gasteiger charge is -2.07. The molecule has 0 radical (unpaired) electrons. The summed E-state index contributed by atoms with van der Waals surface area (Å²) < 4.78 is 5.21. The number of aromatic nitrogens is 1. The number of pyridine rings is 1. The van der Waals surface area contributed by atoms with Crippen LogP contribution in [-0.2, 0) is 4.74 Å². The Hall–Kier alpha value is -2.08. The maximum absolute atomic E-state index is 7.32. The summed E-state index contributed by atoms with van der Waals surface area (Å²) in [7, 11) is 1.66. The van der Waals surface area contributed by atoms with E-state index in [1.807, 2.05) is 19.1 Å². The Morgan fingerprint density at radius 2 is 2.25 bits per heavy atom. The van der Waals surface area contributed by atoms with Gasteiger partial charge in [0.05, 0.1) is 13.2 Å².